The van der Waals surface area contributed by atoms with E-state index >= 15 is 0 Å². The van der Waals surface area contributed by atoms with Crippen LogP contribution in [0.1, 0.15) is 23.6 Å². The molecular weight excluding hydrogens is 282 g/mol. The number of halogens is 1. The molecular formula is C14H18ClNO4. The van der Waals surface area contributed by atoms with E-state index in [1.807, 2.05) is 13.0 Å². The average molecular weight is 300 g/mol. The molecule has 1 aliphatic rings. The predicted molar refractivity (Wildman–Crippen MR) is 75.8 cm³/mol. The van der Waals surface area contributed by atoms with Crippen molar-refractivity contribution in [2.24, 2.45) is 5.92 Å². The molecule has 0 aliphatic carbocycles. The van der Waals surface area contributed by atoms with Crippen LogP contribution in [0, 0.1) is 12.8 Å². The maximum Gasteiger partial charge on any atom is 0.307 e. The van der Waals surface area contributed by atoms with Crippen LogP contribution in [0.2, 0.25) is 5.02 Å². The van der Waals surface area contributed by atoms with Crippen molar-refractivity contribution in [3.05, 3.63) is 22.2 Å². The molecule has 1 heterocycles. The Bertz CT molecular complexity index is 532. The minimum atomic E-state index is -0.783. The highest BCUT2D eigenvalue weighted by Crippen LogP contribution is 2.44. The third-order valence-electron chi connectivity index (χ3n) is 3.68. The van der Waals surface area contributed by atoms with Crippen molar-refractivity contribution in [1.82, 2.24) is 5.32 Å². The molecule has 0 spiro atoms. The van der Waals surface area contributed by atoms with Crippen molar-refractivity contribution in [1.29, 1.82) is 0 Å². The van der Waals surface area contributed by atoms with Crippen LogP contribution >= 0.6 is 11.6 Å². The van der Waals surface area contributed by atoms with Crippen molar-refractivity contribution < 1.29 is 19.4 Å². The molecule has 1 fully saturated rings. The number of nitrogens with one attached hydrogen (secondary N) is 1. The first-order valence-electron chi connectivity index (χ1n) is 6.36. The third-order valence-corrected chi connectivity index (χ3v) is 4.06. The number of carbonyl (C=O) groups is 1. The van der Waals surface area contributed by atoms with Crippen LogP contribution in [0.5, 0.6) is 11.5 Å². The zero-order valence-electron chi connectivity index (χ0n) is 11.7. The second kappa shape index (κ2) is 5.89. The van der Waals surface area contributed by atoms with Gasteiger partial charge in [-0.2, -0.15) is 0 Å². The van der Waals surface area contributed by atoms with Crippen LogP contribution in [0.3, 0.4) is 0 Å². The van der Waals surface area contributed by atoms with E-state index in [0.717, 1.165) is 11.1 Å². The summed E-state index contributed by atoms with van der Waals surface area (Å²) >= 11 is 6.41. The number of methoxy groups -OCH3 is 2. The van der Waals surface area contributed by atoms with Crippen molar-refractivity contribution in [3.63, 3.8) is 0 Å². The van der Waals surface area contributed by atoms with Crippen LogP contribution < -0.4 is 14.8 Å². The number of hydrogen-bond acceptors (Lipinski definition) is 4. The Morgan fingerprint density at radius 3 is 2.65 bits per heavy atom. The first kappa shape index (κ1) is 14.9. The van der Waals surface area contributed by atoms with Crippen LogP contribution in [-0.4, -0.2) is 31.8 Å². The molecule has 2 atom stereocenters. The Morgan fingerprint density at radius 1 is 1.45 bits per heavy atom. The highest BCUT2D eigenvalue weighted by Gasteiger charge is 2.33. The normalized spacial score (nSPS) is 21.8. The zero-order chi connectivity index (χ0) is 14.9. The van der Waals surface area contributed by atoms with Gasteiger partial charge < -0.3 is 19.9 Å². The third kappa shape index (κ3) is 2.55. The van der Waals surface area contributed by atoms with E-state index in [1.54, 1.807) is 7.11 Å². The van der Waals surface area contributed by atoms with Crippen LogP contribution in [0.15, 0.2) is 6.07 Å². The highest BCUT2D eigenvalue weighted by atomic mass is 35.5. The van der Waals surface area contributed by atoms with Gasteiger partial charge in [-0.3, -0.25) is 4.79 Å². The van der Waals surface area contributed by atoms with Gasteiger partial charge in [-0.15, -0.1) is 0 Å². The summed E-state index contributed by atoms with van der Waals surface area (Å²) in [7, 11) is 3.09. The summed E-state index contributed by atoms with van der Waals surface area (Å²) in [6.45, 7) is 2.38. The molecule has 0 saturated carbocycles. The standard InChI is InChI=1S/C14H18ClNO4/c1-7-4-10(19-2)13(20-3)12(15)11(7)9-5-8(6-16-9)14(17)18/h4,8-9,16H,5-6H2,1-3H3,(H,17,18). The molecule has 2 N–H and O–H groups in total. The average Bonchev–Trinajstić information content (AvgIpc) is 2.87. The summed E-state index contributed by atoms with van der Waals surface area (Å²) in [6.07, 6.45) is 0.519. The lowest BCUT2D eigenvalue weighted by atomic mass is 9.96. The Balaban J connectivity index is 2.40. The van der Waals surface area contributed by atoms with Gasteiger partial charge in [0, 0.05) is 12.6 Å². The van der Waals surface area contributed by atoms with Crippen molar-refractivity contribution in [3.8, 4) is 11.5 Å². The quantitative estimate of drug-likeness (QED) is 0.893. The fourth-order valence-corrected chi connectivity index (χ4v) is 3.11. The van der Waals surface area contributed by atoms with E-state index in [9.17, 15) is 4.79 Å². The number of aryl methyl sites for hydroxylation is 1. The molecule has 2 unspecified atom stereocenters. The molecule has 1 saturated heterocycles. The zero-order valence-corrected chi connectivity index (χ0v) is 12.5. The summed E-state index contributed by atoms with van der Waals surface area (Å²) in [5, 5.41) is 12.8. The number of carboxylic acids is 1. The molecule has 0 bridgehead atoms. The van der Waals surface area contributed by atoms with E-state index in [1.165, 1.54) is 7.11 Å². The monoisotopic (exact) mass is 299 g/mol. The van der Waals surface area contributed by atoms with Gasteiger partial charge in [0.2, 0.25) is 0 Å². The van der Waals surface area contributed by atoms with E-state index in [2.05, 4.69) is 5.32 Å². The van der Waals surface area contributed by atoms with Gasteiger partial charge in [0.25, 0.3) is 0 Å². The summed E-state index contributed by atoms with van der Waals surface area (Å²) < 4.78 is 10.5. The number of benzene rings is 1. The van der Waals surface area contributed by atoms with Gasteiger partial charge in [-0.1, -0.05) is 11.6 Å². The molecule has 5 nitrogen and oxygen atoms in total. The summed E-state index contributed by atoms with van der Waals surface area (Å²) in [5.41, 5.74) is 1.84. The van der Waals surface area contributed by atoms with Gasteiger partial charge in [0.05, 0.1) is 25.2 Å². The number of ether oxygens (including phenoxy) is 2. The molecule has 0 aromatic heterocycles. The molecule has 1 aromatic rings. The van der Waals surface area contributed by atoms with Gasteiger partial charge in [-0.05, 0) is 30.5 Å². The highest BCUT2D eigenvalue weighted by molar-refractivity contribution is 6.33. The van der Waals surface area contributed by atoms with Crippen LogP contribution in [-0.2, 0) is 4.79 Å². The fraction of sp³-hybridized carbons (Fsp3) is 0.500. The molecule has 6 heteroatoms. The van der Waals surface area contributed by atoms with E-state index in [-0.39, 0.29) is 12.0 Å². The molecule has 1 aliphatic heterocycles. The van der Waals surface area contributed by atoms with E-state index in [4.69, 9.17) is 26.2 Å². The van der Waals surface area contributed by atoms with Gasteiger partial charge in [0.15, 0.2) is 11.5 Å². The second-order valence-corrected chi connectivity index (χ2v) is 5.27. The van der Waals surface area contributed by atoms with Gasteiger partial charge in [-0.25, -0.2) is 0 Å². The lowest BCUT2D eigenvalue weighted by molar-refractivity contribution is -0.141. The van der Waals surface area contributed by atoms with Gasteiger partial charge in [0.1, 0.15) is 0 Å². The lowest BCUT2D eigenvalue weighted by Gasteiger charge is -2.20. The molecule has 110 valence electrons. The maximum atomic E-state index is 11.1. The SMILES string of the molecule is COc1cc(C)c(C2CC(C(=O)O)CN2)c(Cl)c1OC. The maximum absolute atomic E-state index is 11.1. The molecule has 1 aromatic carbocycles. The minimum absolute atomic E-state index is 0.0802. The number of carboxylic acid groups (broad SMARTS) is 1. The lowest BCUT2D eigenvalue weighted by Crippen LogP contribution is -2.18. The second-order valence-electron chi connectivity index (χ2n) is 4.89. The summed E-state index contributed by atoms with van der Waals surface area (Å²) in [5.74, 6) is -0.111. The molecule has 0 amide bonds. The predicted octanol–water partition coefficient (Wildman–Crippen LogP) is 2.40. The Labute approximate surface area is 122 Å². The fourth-order valence-electron chi connectivity index (χ4n) is 2.66. The Morgan fingerprint density at radius 2 is 2.15 bits per heavy atom. The molecule has 20 heavy (non-hydrogen) atoms. The first-order valence-corrected chi connectivity index (χ1v) is 6.74. The molecule has 2 rings (SSSR count). The number of hydrogen-bond donors (Lipinski definition) is 2. The van der Waals surface area contributed by atoms with Crippen molar-refractivity contribution in [2.45, 2.75) is 19.4 Å². The Kier molecular flexibility index (Phi) is 4.40. The van der Waals surface area contributed by atoms with E-state index in [0.29, 0.717) is 29.5 Å². The minimum Gasteiger partial charge on any atom is -0.493 e. The smallest absolute Gasteiger partial charge is 0.307 e. The first-order chi connectivity index (χ1) is 9.49. The van der Waals surface area contributed by atoms with Crippen molar-refractivity contribution >= 4 is 17.6 Å². The largest absolute Gasteiger partial charge is 0.493 e. The number of rotatable bonds is 4. The van der Waals surface area contributed by atoms with Crippen LogP contribution in [0.4, 0.5) is 0 Å². The van der Waals surface area contributed by atoms with Crippen molar-refractivity contribution in [2.75, 3.05) is 20.8 Å². The summed E-state index contributed by atoms with van der Waals surface area (Å²) in [6, 6.07) is 1.78. The summed E-state index contributed by atoms with van der Waals surface area (Å²) in [4.78, 5) is 11.1. The number of aliphatic carboxylic acids is 1. The van der Waals surface area contributed by atoms with Crippen LogP contribution in [0.25, 0.3) is 0 Å². The molecule has 0 radical (unpaired) electrons. The topological polar surface area (TPSA) is 67.8 Å². The van der Waals surface area contributed by atoms with Gasteiger partial charge >= 0.3 is 5.97 Å². The Hall–Kier alpha value is -1.46. The van der Waals surface area contributed by atoms with E-state index < -0.39 is 5.97 Å².